The van der Waals surface area contributed by atoms with E-state index in [9.17, 15) is 14.4 Å². The number of nitrogens with zero attached hydrogens (tertiary/aromatic N) is 2. The number of cyclic esters (lactones) is 1. The van der Waals surface area contributed by atoms with Crippen molar-refractivity contribution in [2.45, 2.75) is 78.2 Å². The first-order chi connectivity index (χ1) is 23.0. The molecule has 0 spiro atoms. The first-order valence-corrected chi connectivity index (χ1v) is 16.4. The summed E-state index contributed by atoms with van der Waals surface area (Å²) in [6, 6.07) is 7.30. The van der Waals surface area contributed by atoms with Crippen LogP contribution in [-0.2, 0) is 63.3 Å². The lowest BCUT2D eigenvalue weighted by Gasteiger charge is -2.35. The number of ether oxygens (including phenoxy) is 5. The maximum absolute atomic E-state index is 14.0. The van der Waals surface area contributed by atoms with Gasteiger partial charge in [-0.1, -0.05) is 13.8 Å². The molecule has 2 aliphatic rings. The summed E-state index contributed by atoms with van der Waals surface area (Å²) in [6.07, 6.45) is 0.658. The van der Waals surface area contributed by atoms with Crippen molar-refractivity contribution >= 4 is 22.8 Å². The van der Waals surface area contributed by atoms with Crippen LogP contribution in [0.3, 0.4) is 0 Å². The van der Waals surface area contributed by atoms with E-state index in [1.807, 2.05) is 32.9 Å². The molecule has 13 nitrogen and oxygen atoms in total. The Labute approximate surface area is 279 Å². The highest BCUT2D eigenvalue weighted by Gasteiger charge is 2.50. The van der Waals surface area contributed by atoms with Crippen LogP contribution in [0.1, 0.15) is 69.7 Å². The number of pyridine rings is 2. The molecule has 2 aromatic heterocycles. The third-order valence-corrected chi connectivity index (χ3v) is 8.23. The minimum absolute atomic E-state index is 0.0691. The molecule has 48 heavy (non-hydrogen) atoms. The average Bonchev–Trinajstić information content (AvgIpc) is 3.43. The van der Waals surface area contributed by atoms with Crippen LogP contribution >= 0.6 is 0 Å². The number of benzene rings is 1. The number of hydrogen-bond acceptors (Lipinski definition) is 12. The highest BCUT2D eigenvalue weighted by Crippen LogP contribution is 2.42. The molecule has 0 amide bonds. The van der Waals surface area contributed by atoms with Gasteiger partial charge < -0.3 is 38.9 Å². The number of fused-ring (bicyclic) bond motifs is 5. The van der Waals surface area contributed by atoms with Gasteiger partial charge in [-0.2, -0.15) is 4.89 Å². The van der Waals surface area contributed by atoms with Gasteiger partial charge in [-0.15, -0.1) is 0 Å². The van der Waals surface area contributed by atoms with E-state index in [0.29, 0.717) is 68.6 Å². The summed E-state index contributed by atoms with van der Waals surface area (Å²) in [7, 11) is 0. The van der Waals surface area contributed by atoms with Gasteiger partial charge in [-0.05, 0) is 63.4 Å². The van der Waals surface area contributed by atoms with E-state index in [1.165, 1.54) is 0 Å². The molecule has 0 fully saturated rings. The number of hydrogen-bond donors (Lipinski definition) is 1. The van der Waals surface area contributed by atoms with Gasteiger partial charge in [0.05, 0.1) is 75.1 Å². The monoisotopic (exact) mass is 667 g/mol. The third kappa shape index (κ3) is 7.40. The van der Waals surface area contributed by atoms with Crippen LogP contribution in [0.5, 0.6) is 5.75 Å². The van der Waals surface area contributed by atoms with Crippen LogP contribution in [-0.4, -0.2) is 73.3 Å². The SMILES string of the molecule is CCc1c2c(nc3ccc(OOC(C)(C)C)cc13)-c1cc3c(c(=O)n1C2)COC(=O)C3(CC)OC(=O)CCOCCOCCOCCN. The fourth-order valence-corrected chi connectivity index (χ4v) is 5.95. The van der Waals surface area contributed by atoms with Gasteiger partial charge in [0.15, 0.2) is 5.75 Å². The van der Waals surface area contributed by atoms with Crippen LogP contribution in [0.25, 0.3) is 22.3 Å². The number of rotatable bonds is 16. The topological polar surface area (TPSA) is 160 Å². The summed E-state index contributed by atoms with van der Waals surface area (Å²) in [6.45, 7) is 12.0. The lowest BCUT2D eigenvalue weighted by Crippen LogP contribution is -2.47. The number of nitrogens with two attached hydrogens (primary N) is 1. The molecule has 4 heterocycles. The van der Waals surface area contributed by atoms with Gasteiger partial charge >= 0.3 is 11.9 Å². The highest BCUT2D eigenvalue weighted by molar-refractivity contribution is 5.90. The molecule has 2 N–H and O–H groups in total. The quantitative estimate of drug-likeness (QED) is 0.0800. The molecule has 0 saturated carbocycles. The Morgan fingerprint density at radius 2 is 1.71 bits per heavy atom. The van der Waals surface area contributed by atoms with Crippen molar-refractivity contribution in [3.63, 3.8) is 0 Å². The zero-order chi connectivity index (χ0) is 34.5. The van der Waals surface area contributed by atoms with E-state index in [0.717, 1.165) is 22.0 Å². The van der Waals surface area contributed by atoms with E-state index >= 15 is 0 Å². The zero-order valence-corrected chi connectivity index (χ0v) is 28.3. The molecule has 1 atom stereocenters. The molecule has 13 heteroatoms. The maximum Gasteiger partial charge on any atom is 0.355 e. The number of aromatic nitrogens is 2. The molecule has 5 rings (SSSR count). The lowest BCUT2D eigenvalue weighted by molar-refractivity contribution is -0.274. The Kier molecular flexibility index (Phi) is 11.2. The summed E-state index contributed by atoms with van der Waals surface area (Å²) in [5.41, 5.74) is 7.28. The van der Waals surface area contributed by atoms with Gasteiger partial charge in [0.1, 0.15) is 12.2 Å². The molecule has 1 aromatic carbocycles. The molecule has 0 aliphatic carbocycles. The Bertz CT molecular complexity index is 1710. The minimum atomic E-state index is -1.78. The van der Waals surface area contributed by atoms with Gasteiger partial charge in [0, 0.05) is 23.1 Å². The first kappa shape index (κ1) is 35.4. The summed E-state index contributed by atoms with van der Waals surface area (Å²) < 4.78 is 29.2. The minimum Gasteiger partial charge on any atom is -0.457 e. The number of carbonyl (C=O) groups is 2. The molecular formula is C35H45N3O10. The molecule has 260 valence electrons. The summed E-state index contributed by atoms with van der Waals surface area (Å²) in [4.78, 5) is 56.5. The number of esters is 2. The van der Waals surface area contributed by atoms with Crippen molar-refractivity contribution in [2.24, 2.45) is 5.73 Å². The van der Waals surface area contributed by atoms with Crippen LogP contribution in [0, 0.1) is 0 Å². The van der Waals surface area contributed by atoms with Crippen molar-refractivity contribution in [3.05, 3.63) is 56.9 Å². The van der Waals surface area contributed by atoms with Gasteiger partial charge in [-0.3, -0.25) is 9.59 Å². The fourth-order valence-electron chi connectivity index (χ4n) is 5.95. The van der Waals surface area contributed by atoms with Crippen molar-refractivity contribution in [1.82, 2.24) is 9.55 Å². The van der Waals surface area contributed by atoms with Crippen LogP contribution < -0.4 is 16.2 Å². The molecule has 0 bridgehead atoms. The Hall–Kier alpha value is -3.88. The van der Waals surface area contributed by atoms with Crippen LogP contribution in [0.15, 0.2) is 29.1 Å². The Balaban J connectivity index is 1.37. The van der Waals surface area contributed by atoms with Gasteiger partial charge in [0.25, 0.3) is 5.56 Å². The van der Waals surface area contributed by atoms with Crippen molar-refractivity contribution in [2.75, 3.05) is 46.2 Å². The number of carbonyl (C=O) groups excluding carboxylic acids is 2. The van der Waals surface area contributed by atoms with Crippen molar-refractivity contribution in [3.8, 4) is 17.1 Å². The van der Waals surface area contributed by atoms with Crippen LogP contribution in [0.4, 0.5) is 0 Å². The standard InChI is InChI=1S/C35H45N3O10/c1-6-23-24-18-22(47-48-34(3,4)5)8-9-28(24)37-31-25(23)20-38-29(31)19-27-26(32(38)40)21-45-33(41)35(27,7-2)46-30(39)10-12-42-14-16-44-17-15-43-13-11-36/h8-9,18-19H,6-7,10-17,20-21,36H2,1-5H3. The maximum atomic E-state index is 14.0. The highest BCUT2D eigenvalue weighted by atomic mass is 17.2. The molecule has 0 radical (unpaired) electrons. The predicted molar refractivity (Wildman–Crippen MR) is 175 cm³/mol. The molecular weight excluding hydrogens is 622 g/mol. The van der Waals surface area contributed by atoms with Crippen LogP contribution in [0.2, 0.25) is 0 Å². The molecule has 2 aliphatic heterocycles. The van der Waals surface area contributed by atoms with Gasteiger partial charge in [0.2, 0.25) is 5.60 Å². The Morgan fingerprint density at radius 3 is 2.38 bits per heavy atom. The van der Waals surface area contributed by atoms with Gasteiger partial charge in [-0.25, -0.2) is 9.78 Å². The van der Waals surface area contributed by atoms with E-state index in [1.54, 1.807) is 23.6 Å². The third-order valence-electron chi connectivity index (χ3n) is 8.23. The molecule has 3 aromatic rings. The second-order valence-electron chi connectivity index (χ2n) is 12.6. The summed E-state index contributed by atoms with van der Waals surface area (Å²) in [5, 5.41) is 0.900. The summed E-state index contributed by atoms with van der Waals surface area (Å²) in [5.74, 6) is -0.819. The smallest absolute Gasteiger partial charge is 0.355 e. The number of aryl methyl sites for hydroxylation is 1. The largest absolute Gasteiger partial charge is 0.457 e. The van der Waals surface area contributed by atoms with Crippen molar-refractivity contribution in [1.29, 1.82) is 0 Å². The first-order valence-electron chi connectivity index (χ1n) is 16.4. The summed E-state index contributed by atoms with van der Waals surface area (Å²) >= 11 is 0. The average molecular weight is 668 g/mol. The van der Waals surface area contributed by atoms with E-state index in [-0.39, 0.29) is 43.8 Å². The van der Waals surface area contributed by atoms with Crippen molar-refractivity contribution < 1.29 is 43.0 Å². The molecule has 0 saturated heterocycles. The zero-order valence-electron chi connectivity index (χ0n) is 28.3. The lowest BCUT2D eigenvalue weighted by atomic mass is 9.85. The molecule has 1 unspecified atom stereocenters. The van der Waals surface area contributed by atoms with E-state index < -0.39 is 23.1 Å². The van der Waals surface area contributed by atoms with E-state index in [4.69, 9.17) is 44.2 Å². The predicted octanol–water partition coefficient (Wildman–Crippen LogP) is 3.70. The second kappa shape index (κ2) is 15.1. The Morgan fingerprint density at radius 1 is 1.00 bits per heavy atom. The fraction of sp³-hybridized carbons (Fsp3) is 0.543. The normalized spacial score (nSPS) is 16.8. The van der Waals surface area contributed by atoms with E-state index in [2.05, 4.69) is 6.92 Å². The second-order valence-corrected chi connectivity index (χ2v) is 12.6.